The molecule has 3 aromatic carbocycles. The van der Waals surface area contributed by atoms with E-state index < -0.39 is 0 Å². The van der Waals surface area contributed by atoms with Gasteiger partial charge in [-0.2, -0.15) is 0 Å². The average molecular weight is 303 g/mol. The number of hydrogen-bond acceptors (Lipinski definition) is 2. The van der Waals surface area contributed by atoms with Crippen molar-refractivity contribution in [1.82, 2.24) is 0 Å². The summed E-state index contributed by atoms with van der Waals surface area (Å²) in [5.41, 5.74) is 2.29. The van der Waals surface area contributed by atoms with E-state index in [1.165, 1.54) is 0 Å². The lowest BCUT2D eigenvalue weighted by Crippen LogP contribution is -2.11. The fourth-order valence-corrected chi connectivity index (χ4v) is 2.53. The molecule has 0 unspecified atom stereocenters. The van der Waals surface area contributed by atoms with E-state index in [0.29, 0.717) is 12.0 Å². The monoisotopic (exact) mass is 303 g/mol. The lowest BCUT2D eigenvalue weighted by atomic mass is 10.1. The van der Waals surface area contributed by atoms with Crippen molar-refractivity contribution in [2.45, 2.75) is 13.3 Å². The van der Waals surface area contributed by atoms with Gasteiger partial charge in [-0.25, -0.2) is 0 Å². The van der Waals surface area contributed by atoms with Crippen LogP contribution in [0.2, 0.25) is 0 Å². The molecule has 0 aliphatic heterocycles. The maximum atomic E-state index is 12.4. The van der Waals surface area contributed by atoms with Crippen LogP contribution < -0.4 is 5.32 Å². The molecule has 0 aliphatic carbocycles. The molecule has 0 radical (unpaired) electrons. The van der Waals surface area contributed by atoms with E-state index in [1.807, 2.05) is 66.7 Å². The molecular weight excluding hydrogens is 286 g/mol. The van der Waals surface area contributed by atoms with E-state index in [-0.39, 0.29) is 11.7 Å². The highest BCUT2D eigenvalue weighted by atomic mass is 16.1. The first-order valence-corrected chi connectivity index (χ1v) is 7.50. The minimum absolute atomic E-state index is 0.123. The van der Waals surface area contributed by atoms with Gasteiger partial charge in [0.2, 0.25) is 0 Å². The van der Waals surface area contributed by atoms with E-state index in [1.54, 1.807) is 6.92 Å². The van der Waals surface area contributed by atoms with Crippen molar-refractivity contribution in [3.05, 3.63) is 77.9 Å². The zero-order valence-electron chi connectivity index (χ0n) is 12.9. The first-order chi connectivity index (χ1) is 11.1. The number of fused-ring (bicyclic) bond motifs is 1. The zero-order valence-corrected chi connectivity index (χ0v) is 12.9. The molecule has 3 heteroatoms. The van der Waals surface area contributed by atoms with Crippen LogP contribution in [0.1, 0.15) is 22.8 Å². The number of anilines is 1. The number of nitrogens with one attached hydrogen (secondary N) is 1. The molecule has 0 fully saturated rings. The van der Waals surface area contributed by atoms with Crippen molar-refractivity contribution in [2.24, 2.45) is 0 Å². The second-order valence-corrected chi connectivity index (χ2v) is 5.59. The van der Waals surface area contributed by atoms with Gasteiger partial charge in [0.05, 0.1) is 0 Å². The zero-order chi connectivity index (χ0) is 16.2. The Morgan fingerprint density at radius 2 is 1.57 bits per heavy atom. The van der Waals surface area contributed by atoms with E-state index in [2.05, 4.69) is 5.32 Å². The van der Waals surface area contributed by atoms with Gasteiger partial charge in [0.25, 0.3) is 5.91 Å². The Hall–Kier alpha value is -2.94. The molecule has 114 valence electrons. The first-order valence-electron chi connectivity index (χ1n) is 7.50. The Kier molecular flexibility index (Phi) is 4.20. The van der Waals surface area contributed by atoms with Crippen LogP contribution in [0.15, 0.2) is 66.7 Å². The maximum Gasteiger partial charge on any atom is 0.255 e. The molecule has 0 aliphatic rings. The molecule has 0 aromatic heterocycles. The highest BCUT2D eigenvalue weighted by Crippen LogP contribution is 2.17. The number of carbonyl (C=O) groups excluding carboxylic acids is 2. The summed E-state index contributed by atoms with van der Waals surface area (Å²) in [6.07, 6.45) is 0.416. The van der Waals surface area contributed by atoms with Crippen molar-refractivity contribution in [3.63, 3.8) is 0 Å². The van der Waals surface area contributed by atoms with Crippen LogP contribution >= 0.6 is 0 Å². The molecule has 3 nitrogen and oxygen atoms in total. The third-order valence-corrected chi connectivity index (χ3v) is 3.68. The number of benzene rings is 3. The van der Waals surface area contributed by atoms with Gasteiger partial charge < -0.3 is 5.32 Å². The quantitative estimate of drug-likeness (QED) is 0.784. The summed E-state index contributed by atoms with van der Waals surface area (Å²) >= 11 is 0. The summed E-state index contributed by atoms with van der Waals surface area (Å²) in [5, 5.41) is 5.03. The standard InChI is InChI=1S/C20H17NO2/c1-14(22)12-15-6-10-19(11-7-15)21-20(23)18-9-8-16-4-2-3-5-17(16)13-18/h2-11,13H,12H2,1H3,(H,21,23). The van der Waals surface area contributed by atoms with Gasteiger partial charge in [-0.05, 0) is 47.5 Å². The van der Waals surface area contributed by atoms with Crippen molar-refractivity contribution >= 4 is 28.2 Å². The molecule has 23 heavy (non-hydrogen) atoms. The van der Waals surface area contributed by atoms with Crippen LogP contribution in [0, 0.1) is 0 Å². The molecule has 1 N–H and O–H groups in total. The summed E-state index contributed by atoms with van der Waals surface area (Å²) in [4.78, 5) is 23.5. The molecular formula is C20H17NO2. The number of hydrogen-bond donors (Lipinski definition) is 1. The van der Waals surface area contributed by atoms with Gasteiger partial charge in [0.15, 0.2) is 0 Å². The van der Waals surface area contributed by atoms with E-state index in [9.17, 15) is 9.59 Å². The summed E-state index contributed by atoms with van der Waals surface area (Å²) in [7, 11) is 0. The largest absolute Gasteiger partial charge is 0.322 e. The second kappa shape index (κ2) is 6.44. The van der Waals surface area contributed by atoms with Gasteiger partial charge >= 0.3 is 0 Å². The van der Waals surface area contributed by atoms with Gasteiger partial charge in [-0.3, -0.25) is 9.59 Å². The van der Waals surface area contributed by atoms with Crippen molar-refractivity contribution < 1.29 is 9.59 Å². The Labute approximate surface area is 135 Å². The topological polar surface area (TPSA) is 46.2 Å². The van der Waals surface area contributed by atoms with Gasteiger partial charge in [-0.1, -0.05) is 42.5 Å². The smallest absolute Gasteiger partial charge is 0.255 e. The minimum atomic E-state index is -0.143. The molecule has 0 heterocycles. The fourth-order valence-electron chi connectivity index (χ4n) is 2.53. The molecule has 0 spiro atoms. The van der Waals surface area contributed by atoms with E-state index in [4.69, 9.17) is 0 Å². The van der Waals surface area contributed by atoms with Crippen molar-refractivity contribution in [1.29, 1.82) is 0 Å². The van der Waals surface area contributed by atoms with Crippen LogP contribution in [0.25, 0.3) is 10.8 Å². The molecule has 3 rings (SSSR count). The first kappa shape index (κ1) is 15.0. The number of rotatable bonds is 4. The highest BCUT2D eigenvalue weighted by molar-refractivity contribution is 6.06. The van der Waals surface area contributed by atoms with Gasteiger partial charge in [-0.15, -0.1) is 0 Å². The highest BCUT2D eigenvalue weighted by Gasteiger charge is 2.07. The maximum absolute atomic E-state index is 12.4. The van der Waals surface area contributed by atoms with Crippen LogP contribution in [0.5, 0.6) is 0 Å². The van der Waals surface area contributed by atoms with Crippen LogP contribution in [-0.2, 0) is 11.2 Å². The molecule has 0 saturated carbocycles. The number of amides is 1. The SMILES string of the molecule is CC(=O)Cc1ccc(NC(=O)c2ccc3ccccc3c2)cc1. The van der Waals surface area contributed by atoms with Crippen molar-refractivity contribution in [2.75, 3.05) is 5.32 Å². The Balaban J connectivity index is 1.76. The Morgan fingerprint density at radius 3 is 2.26 bits per heavy atom. The normalized spacial score (nSPS) is 10.5. The Morgan fingerprint density at radius 1 is 0.870 bits per heavy atom. The predicted octanol–water partition coefficient (Wildman–Crippen LogP) is 4.22. The average Bonchev–Trinajstić information content (AvgIpc) is 2.55. The van der Waals surface area contributed by atoms with Crippen molar-refractivity contribution in [3.8, 4) is 0 Å². The number of ketones is 1. The second-order valence-electron chi connectivity index (χ2n) is 5.59. The Bertz CT molecular complexity index is 866. The summed E-state index contributed by atoms with van der Waals surface area (Å²) < 4.78 is 0. The van der Waals surface area contributed by atoms with Crippen LogP contribution in [0.3, 0.4) is 0 Å². The van der Waals surface area contributed by atoms with Crippen LogP contribution in [0.4, 0.5) is 5.69 Å². The predicted molar refractivity (Wildman–Crippen MR) is 92.7 cm³/mol. The number of carbonyl (C=O) groups is 2. The third-order valence-electron chi connectivity index (χ3n) is 3.68. The number of Topliss-reactive ketones (excluding diaryl/α,β-unsaturated/α-hetero) is 1. The summed E-state index contributed by atoms with van der Waals surface area (Å²) in [6.45, 7) is 1.56. The molecule has 3 aromatic rings. The molecule has 0 atom stereocenters. The van der Waals surface area contributed by atoms with Crippen LogP contribution in [-0.4, -0.2) is 11.7 Å². The molecule has 0 saturated heterocycles. The van der Waals surface area contributed by atoms with E-state index >= 15 is 0 Å². The molecule has 0 bridgehead atoms. The summed E-state index contributed by atoms with van der Waals surface area (Å²) in [6, 6.07) is 20.9. The lowest BCUT2D eigenvalue weighted by molar-refractivity contribution is -0.116. The summed E-state index contributed by atoms with van der Waals surface area (Å²) in [5.74, 6) is -0.0204. The van der Waals surface area contributed by atoms with Gasteiger partial charge in [0.1, 0.15) is 5.78 Å². The van der Waals surface area contributed by atoms with Gasteiger partial charge in [0, 0.05) is 17.7 Å². The third kappa shape index (κ3) is 3.64. The van der Waals surface area contributed by atoms with E-state index in [0.717, 1.165) is 22.0 Å². The fraction of sp³-hybridized carbons (Fsp3) is 0.100. The minimum Gasteiger partial charge on any atom is -0.322 e. The molecule has 1 amide bonds. The lowest BCUT2D eigenvalue weighted by Gasteiger charge is -2.07.